The number of benzene rings is 4. The summed E-state index contributed by atoms with van der Waals surface area (Å²) in [6.07, 6.45) is 1.38. The van der Waals surface area contributed by atoms with E-state index in [2.05, 4.69) is 64.9 Å². The van der Waals surface area contributed by atoms with Crippen molar-refractivity contribution < 1.29 is 42.2 Å². The van der Waals surface area contributed by atoms with Gasteiger partial charge in [-0.25, -0.2) is 9.78 Å². The van der Waals surface area contributed by atoms with Gasteiger partial charge in [-0.1, -0.05) is 68.4 Å². The Kier molecular flexibility index (Phi) is 12.8. The second-order valence-corrected chi connectivity index (χ2v) is 16.0. The van der Waals surface area contributed by atoms with Crippen LogP contribution < -0.4 is 15.4 Å². The fourth-order valence-electron chi connectivity index (χ4n) is 8.51. The lowest BCUT2D eigenvalue weighted by Gasteiger charge is -2.23. The van der Waals surface area contributed by atoms with Gasteiger partial charge in [-0.2, -0.15) is 8.78 Å². The van der Waals surface area contributed by atoms with Crippen LogP contribution in [-0.4, -0.2) is 89.3 Å². The number of amides is 2. The number of hydrogen-bond acceptors (Lipinski definition) is 9. The Hall–Kier alpha value is -5.86. The number of nitrogens with zero attached hydrogens (tertiary/aromatic N) is 3. The van der Waals surface area contributed by atoms with Gasteiger partial charge < -0.3 is 29.6 Å². The van der Waals surface area contributed by atoms with Crippen LogP contribution in [0.15, 0.2) is 77.2 Å². The molecule has 60 heavy (non-hydrogen) atoms. The fraction of sp³-hybridized carbons (Fsp3) is 0.391. The normalized spacial score (nSPS) is 17.7. The Morgan fingerprint density at radius 3 is 2.27 bits per heavy atom. The molecule has 0 saturated carbocycles. The number of nitrogens with one attached hydrogen (secondary N) is 2. The monoisotopic (exact) mass is 823 g/mol. The van der Waals surface area contributed by atoms with Crippen molar-refractivity contribution in [3.8, 4) is 39.5 Å². The van der Waals surface area contributed by atoms with Crippen molar-refractivity contribution in [2.24, 2.45) is 5.92 Å². The second kappa shape index (κ2) is 18.2. The van der Waals surface area contributed by atoms with Gasteiger partial charge in [-0.15, -0.1) is 0 Å². The Morgan fingerprint density at radius 2 is 1.60 bits per heavy atom. The maximum absolute atomic E-state index is 13.5. The summed E-state index contributed by atoms with van der Waals surface area (Å²) in [5, 5.41) is 15.4. The topological polar surface area (TPSA) is 146 Å². The number of fused-ring (bicyclic) bond motifs is 1. The number of rotatable bonds is 14. The molecule has 316 valence electrons. The highest BCUT2D eigenvalue weighted by Crippen LogP contribution is 2.39. The van der Waals surface area contributed by atoms with Crippen LogP contribution in [0.5, 0.6) is 5.75 Å². The predicted molar refractivity (Wildman–Crippen MR) is 223 cm³/mol. The van der Waals surface area contributed by atoms with E-state index in [-0.39, 0.29) is 35.7 Å². The third-order valence-corrected chi connectivity index (χ3v) is 11.7. The van der Waals surface area contributed by atoms with Crippen LogP contribution in [0.25, 0.3) is 44.8 Å². The van der Waals surface area contributed by atoms with Crippen LogP contribution in [0.1, 0.15) is 55.4 Å². The zero-order valence-electron chi connectivity index (χ0n) is 34.5. The van der Waals surface area contributed by atoms with Crippen molar-refractivity contribution in [1.29, 1.82) is 0 Å². The summed E-state index contributed by atoms with van der Waals surface area (Å²) in [4.78, 5) is 45.4. The molecule has 12 nitrogen and oxygen atoms in total. The number of hydrogen-bond donors (Lipinski definition) is 3. The van der Waals surface area contributed by atoms with Gasteiger partial charge in [-0.05, 0) is 96.6 Å². The first-order valence-corrected chi connectivity index (χ1v) is 20.3. The van der Waals surface area contributed by atoms with Crippen LogP contribution in [0.4, 0.5) is 13.6 Å². The number of aromatic nitrogens is 1. The van der Waals surface area contributed by atoms with E-state index in [0.717, 1.165) is 64.0 Å². The number of alkyl carbamates (subject to hydrolysis) is 1. The van der Waals surface area contributed by atoms with E-state index in [1.54, 1.807) is 11.0 Å². The predicted octanol–water partition coefficient (Wildman–Crippen LogP) is 8.17. The van der Waals surface area contributed by atoms with Gasteiger partial charge >= 0.3 is 18.7 Å². The molecule has 7 rings (SSSR count). The quantitative estimate of drug-likeness (QED) is 0.100. The number of methoxy groups -OCH3 is 1. The minimum absolute atomic E-state index is 0.0133. The van der Waals surface area contributed by atoms with Crippen molar-refractivity contribution >= 4 is 29.1 Å². The summed E-state index contributed by atoms with van der Waals surface area (Å²) in [6.45, 7) is 7.77. The van der Waals surface area contributed by atoms with E-state index < -0.39 is 30.8 Å². The van der Waals surface area contributed by atoms with E-state index >= 15 is 0 Å². The smallest absolute Gasteiger partial charge is 0.407 e. The lowest BCUT2D eigenvalue weighted by Crippen LogP contribution is -2.52. The van der Waals surface area contributed by atoms with Crippen molar-refractivity contribution in [2.45, 2.75) is 84.8 Å². The van der Waals surface area contributed by atoms with Gasteiger partial charge in [0.1, 0.15) is 23.3 Å². The zero-order chi connectivity index (χ0) is 42.7. The Morgan fingerprint density at radius 1 is 0.917 bits per heavy atom. The highest BCUT2D eigenvalue weighted by Gasteiger charge is 2.32. The molecule has 3 heterocycles. The van der Waals surface area contributed by atoms with Gasteiger partial charge in [-0.3, -0.25) is 19.4 Å². The minimum Gasteiger partial charge on any atom is -0.480 e. The van der Waals surface area contributed by atoms with E-state index in [9.17, 15) is 28.3 Å². The molecule has 2 aliphatic heterocycles. The fourth-order valence-corrected chi connectivity index (χ4v) is 8.51. The van der Waals surface area contributed by atoms with E-state index in [1.165, 1.54) is 13.2 Å². The molecular weight excluding hydrogens is 773 g/mol. The molecule has 0 unspecified atom stereocenters. The zero-order valence-corrected chi connectivity index (χ0v) is 34.5. The summed E-state index contributed by atoms with van der Waals surface area (Å²) in [5.41, 5.74) is 9.33. The average molecular weight is 824 g/mol. The first kappa shape index (κ1) is 42.3. The van der Waals surface area contributed by atoms with E-state index in [4.69, 9.17) is 18.9 Å². The van der Waals surface area contributed by atoms with Crippen molar-refractivity contribution in [2.75, 3.05) is 26.7 Å². The minimum atomic E-state index is -3.07. The molecule has 2 amide bonds. The number of carboxylic acid groups (broad SMARTS) is 1. The van der Waals surface area contributed by atoms with Crippen LogP contribution in [0.3, 0.4) is 0 Å². The third-order valence-electron chi connectivity index (χ3n) is 11.7. The third kappa shape index (κ3) is 9.29. The number of likely N-dealkylation sites (tertiary alicyclic amines) is 2. The molecule has 1 aromatic heterocycles. The van der Waals surface area contributed by atoms with E-state index in [0.29, 0.717) is 42.9 Å². The highest BCUT2D eigenvalue weighted by atomic mass is 19.3. The van der Waals surface area contributed by atoms with Crippen LogP contribution in [0.2, 0.25) is 0 Å². The summed E-state index contributed by atoms with van der Waals surface area (Å²) >= 11 is 0. The molecule has 2 fully saturated rings. The molecule has 0 aliphatic carbocycles. The first-order chi connectivity index (χ1) is 28.8. The Balaban J connectivity index is 1.06. The van der Waals surface area contributed by atoms with Crippen LogP contribution in [-0.2, 0) is 27.4 Å². The molecule has 3 atom stereocenters. The maximum atomic E-state index is 13.5. The van der Waals surface area contributed by atoms with Crippen LogP contribution >= 0.6 is 0 Å². The number of carbonyl (C=O) groups is 3. The molecule has 2 aliphatic rings. The number of oxazole rings is 1. The standard InChI is InChI=1S/C46H51F2N5O7/c1-26(2)41(51-46(57)58-5)42(54)49-32-18-20-52(25-32)23-29-14-16-30(17-15-29)33-9-6-10-34(27(33)3)35-11-7-12-36(28(35)4)43-50-37-21-31(24-53-19-8-13-38(53)44(55)56)39(60-45(47)48)22-40(37)59-43/h6-7,9-12,14-17,21-22,26,32,38,41,45H,8,13,18-20,23-25H2,1-5H3,(H,49,54)(H,51,57)(H,55,56)/t32-,38-,41-/m0/s1. The largest absolute Gasteiger partial charge is 0.480 e. The van der Waals surface area contributed by atoms with Crippen molar-refractivity contribution in [1.82, 2.24) is 25.4 Å². The highest BCUT2D eigenvalue weighted by molar-refractivity contribution is 5.86. The van der Waals surface area contributed by atoms with Gasteiger partial charge in [0, 0.05) is 49.4 Å². The number of alkyl halides is 2. The summed E-state index contributed by atoms with van der Waals surface area (Å²) in [7, 11) is 1.28. The van der Waals surface area contributed by atoms with Gasteiger partial charge in [0.05, 0.1) is 7.11 Å². The molecule has 14 heteroatoms. The second-order valence-electron chi connectivity index (χ2n) is 16.0. The number of carbonyl (C=O) groups excluding carboxylic acids is 2. The summed E-state index contributed by atoms with van der Waals surface area (Å²) < 4.78 is 42.8. The van der Waals surface area contributed by atoms with E-state index in [1.807, 2.05) is 39.0 Å². The van der Waals surface area contributed by atoms with Gasteiger partial charge in [0.2, 0.25) is 11.8 Å². The molecule has 0 bridgehead atoms. The summed E-state index contributed by atoms with van der Waals surface area (Å²) in [5.74, 6) is -0.976. The molecule has 0 radical (unpaired) electrons. The number of aliphatic carboxylic acids is 1. The molecule has 2 saturated heterocycles. The van der Waals surface area contributed by atoms with Crippen molar-refractivity contribution in [3.05, 3.63) is 95.1 Å². The molecule has 3 N–H and O–H groups in total. The van der Waals surface area contributed by atoms with Gasteiger partial charge in [0.15, 0.2) is 5.58 Å². The lowest BCUT2D eigenvalue weighted by molar-refractivity contribution is -0.142. The van der Waals surface area contributed by atoms with Crippen molar-refractivity contribution in [3.63, 3.8) is 0 Å². The first-order valence-electron chi connectivity index (χ1n) is 20.3. The number of ether oxygens (including phenoxy) is 2. The lowest BCUT2D eigenvalue weighted by atomic mass is 9.89. The molecule has 4 aromatic carbocycles. The average Bonchev–Trinajstić information content (AvgIpc) is 3.97. The maximum Gasteiger partial charge on any atom is 0.407 e. The number of halogens is 2. The molecule has 5 aromatic rings. The Bertz CT molecular complexity index is 2370. The SMILES string of the molecule is COC(=O)N[C@H](C(=O)N[C@H]1CCN(Cc2ccc(-c3cccc(-c4cccc(-c5nc6cc(CN7CCC[C@H]7C(=O)O)c(OC(F)F)cc6o5)c4C)c3C)cc2)C1)C(C)C. The molecular formula is C46H51F2N5O7. The summed E-state index contributed by atoms with van der Waals surface area (Å²) in [6, 6.07) is 22.4. The number of carboxylic acids is 1. The Labute approximate surface area is 347 Å². The molecule has 0 spiro atoms. The van der Waals surface area contributed by atoms with Crippen LogP contribution in [0, 0.1) is 19.8 Å². The van der Waals surface area contributed by atoms with Gasteiger partial charge in [0.25, 0.3) is 0 Å².